The largest absolute Gasteiger partial charge is 0.460 e. The molecule has 28 heavy (non-hydrogen) atoms. The van der Waals surface area contributed by atoms with E-state index in [1.54, 1.807) is 41.5 Å². The standard InChI is InChI=1S/C21H38O7/c1-10-18(4,5)26-15(22)13-21(25,17(24)28-20(8,9)12-3)14-16(23)27-19(6,7)11-2/h25H,10-14H2,1-9H3. The summed E-state index contributed by atoms with van der Waals surface area (Å²) in [5.41, 5.74) is -4.73. The van der Waals surface area contributed by atoms with E-state index in [1.807, 2.05) is 20.8 Å². The van der Waals surface area contributed by atoms with Crippen LogP contribution in [-0.2, 0) is 28.6 Å². The van der Waals surface area contributed by atoms with Gasteiger partial charge in [-0.05, 0) is 60.8 Å². The first-order chi connectivity index (χ1) is 12.5. The number of hydrogen-bond donors (Lipinski definition) is 1. The summed E-state index contributed by atoms with van der Waals surface area (Å²) in [5, 5.41) is 10.9. The number of ether oxygens (including phenoxy) is 3. The molecule has 0 fully saturated rings. The van der Waals surface area contributed by atoms with Gasteiger partial charge in [-0.1, -0.05) is 20.8 Å². The zero-order valence-corrected chi connectivity index (χ0v) is 18.9. The Morgan fingerprint density at radius 2 is 0.929 bits per heavy atom. The third-order valence-corrected chi connectivity index (χ3v) is 4.96. The lowest BCUT2D eigenvalue weighted by Gasteiger charge is -2.32. The van der Waals surface area contributed by atoms with Crippen LogP contribution >= 0.6 is 0 Å². The lowest BCUT2D eigenvalue weighted by Crippen LogP contribution is -2.48. The van der Waals surface area contributed by atoms with Gasteiger partial charge in [0.25, 0.3) is 0 Å². The van der Waals surface area contributed by atoms with Crippen LogP contribution in [0.4, 0.5) is 0 Å². The van der Waals surface area contributed by atoms with Crippen molar-refractivity contribution in [2.45, 2.75) is 117 Å². The summed E-state index contributed by atoms with van der Waals surface area (Å²) < 4.78 is 16.0. The number of carbonyl (C=O) groups excluding carboxylic acids is 3. The molecule has 0 aliphatic heterocycles. The van der Waals surface area contributed by atoms with Crippen LogP contribution in [0.3, 0.4) is 0 Å². The Morgan fingerprint density at radius 3 is 1.21 bits per heavy atom. The fourth-order valence-corrected chi connectivity index (χ4v) is 1.94. The lowest BCUT2D eigenvalue weighted by molar-refractivity contribution is -0.192. The maximum absolute atomic E-state index is 12.7. The van der Waals surface area contributed by atoms with Crippen LogP contribution in [0.1, 0.15) is 94.4 Å². The molecule has 0 rings (SSSR count). The summed E-state index contributed by atoms with van der Waals surface area (Å²) in [5.74, 6) is -2.62. The molecule has 0 heterocycles. The fraction of sp³-hybridized carbons (Fsp3) is 0.857. The van der Waals surface area contributed by atoms with E-state index in [0.717, 1.165) is 0 Å². The molecule has 7 heteroatoms. The molecule has 0 aliphatic carbocycles. The molecule has 0 aromatic rings. The first-order valence-electron chi connectivity index (χ1n) is 9.91. The van der Waals surface area contributed by atoms with Gasteiger partial charge in [0.1, 0.15) is 16.8 Å². The Morgan fingerprint density at radius 1 is 0.643 bits per heavy atom. The molecule has 0 saturated carbocycles. The number of carbonyl (C=O) groups is 3. The molecule has 1 N–H and O–H groups in total. The van der Waals surface area contributed by atoms with E-state index in [1.165, 1.54) is 0 Å². The lowest BCUT2D eigenvalue weighted by atomic mass is 9.94. The average molecular weight is 403 g/mol. The first-order valence-corrected chi connectivity index (χ1v) is 9.91. The van der Waals surface area contributed by atoms with Gasteiger partial charge in [-0.25, -0.2) is 4.79 Å². The summed E-state index contributed by atoms with van der Waals surface area (Å²) in [7, 11) is 0. The number of rotatable bonds is 11. The van der Waals surface area contributed by atoms with Crippen LogP contribution in [0.5, 0.6) is 0 Å². The van der Waals surface area contributed by atoms with Crippen molar-refractivity contribution in [2.75, 3.05) is 0 Å². The Hall–Kier alpha value is -1.63. The van der Waals surface area contributed by atoms with Gasteiger partial charge in [-0.2, -0.15) is 0 Å². The van der Waals surface area contributed by atoms with E-state index in [-0.39, 0.29) is 0 Å². The molecule has 7 nitrogen and oxygen atoms in total. The Labute approximate surface area is 169 Å². The van der Waals surface area contributed by atoms with Crippen LogP contribution in [0.15, 0.2) is 0 Å². The highest BCUT2D eigenvalue weighted by Gasteiger charge is 2.46. The minimum atomic E-state index is -2.37. The highest BCUT2D eigenvalue weighted by molar-refractivity contribution is 5.90. The van der Waals surface area contributed by atoms with E-state index < -0.39 is 53.2 Å². The van der Waals surface area contributed by atoms with Crippen molar-refractivity contribution in [3.8, 4) is 0 Å². The van der Waals surface area contributed by atoms with Crippen molar-refractivity contribution in [2.24, 2.45) is 0 Å². The van der Waals surface area contributed by atoms with Crippen molar-refractivity contribution >= 4 is 17.9 Å². The topological polar surface area (TPSA) is 99.1 Å². The Kier molecular flexibility index (Phi) is 9.15. The van der Waals surface area contributed by atoms with Crippen molar-refractivity contribution in [1.82, 2.24) is 0 Å². The molecule has 164 valence electrons. The molecule has 0 atom stereocenters. The van der Waals surface area contributed by atoms with Gasteiger partial charge in [0.05, 0.1) is 12.8 Å². The summed E-state index contributed by atoms with van der Waals surface area (Å²) in [4.78, 5) is 37.4. The third-order valence-electron chi connectivity index (χ3n) is 4.96. The summed E-state index contributed by atoms with van der Waals surface area (Å²) >= 11 is 0. The van der Waals surface area contributed by atoms with Crippen LogP contribution in [-0.4, -0.2) is 45.4 Å². The van der Waals surface area contributed by atoms with E-state index in [9.17, 15) is 19.5 Å². The highest BCUT2D eigenvalue weighted by atomic mass is 16.6. The zero-order valence-electron chi connectivity index (χ0n) is 18.9. The van der Waals surface area contributed by atoms with Crippen molar-refractivity contribution in [3.63, 3.8) is 0 Å². The van der Waals surface area contributed by atoms with E-state index in [4.69, 9.17) is 14.2 Å². The molecule has 0 aliphatic rings. The molecule has 0 unspecified atom stereocenters. The third kappa shape index (κ3) is 9.04. The molecule has 0 bridgehead atoms. The van der Waals surface area contributed by atoms with Crippen molar-refractivity contribution < 1.29 is 33.7 Å². The Bertz CT molecular complexity index is 529. The molecule has 0 aromatic carbocycles. The van der Waals surface area contributed by atoms with Gasteiger partial charge in [0, 0.05) is 0 Å². The maximum Gasteiger partial charge on any atom is 0.339 e. The van der Waals surface area contributed by atoms with E-state index in [2.05, 4.69) is 0 Å². The predicted molar refractivity (Wildman–Crippen MR) is 106 cm³/mol. The second-order valence-electron chi connectivity index (χ2n) is 9.06. The Balaban J connectivity index is 5.55. The van der Waals surface area contributed by atoms with Gasteiger partial charge in [0.15, 0.2) is 5.60 Å². The first kappa shape index (κ1) is 26.4. The summed E-state index contributed by atoms with van der Waals surface area (Å²) in [6.45, 7) is 15.8. The van der Waals surface area contributed by atoms with Crippen LogP contribution < -0.4 is 0 Å². The van der Waals surface area contributed by atoms with Crippen LogP contribution in [0.25, 0.3) is 0 Å². The minimum absolute atomic E-state index is 0.495. The summed E-state index contributed by atoms with van der Waals surface area (Å²) in [6, 6.07) is 0. The molecule has 0 aromatic heterocycles. The van der Waals surface area contributed by atoms with Gasteiger partial charge < -0.3 is 19.3 Å². The van der Waals surface area contributed by atoms with Crippen molar-refractivity contribution in [3.05, 3.63) is 0 Å². The normalized spacial score (nSPS) is 13.1. The second kappa shape index (κ2) is 9.72. The summed E-state index contributed by atoms with van der Waals surface area (Å²) in [6.07, 6.45) is 0.206. The fourth-order valence-electron chi connectivity index (χ4n) is 1.94. The SMILES string of the molecule is CCC(C)(C)OC(=O)CC(O)(CC(=O)OC(C)(C)CC)C(=O)OC(C)(C)CC. The highest BCUT2D eigenvalue weighted by Crippen LogP contribution is 2.27. The minimum Gasteiger partial charge on any atom is -0.460 e. The van der Waals surface area contributed by atoms with Crippen molar-refractivity contribution in [1.29, 1.82) is 0 Å². The number of hydrogen-bond acceptors (Lipinski definition) is 7. The van der Waals surface area contributed by atoms with Gasteiger partial charge in [0.2, 0.25) is 0 Å². The predicted octanol–water partition coefficient (Wildman–Crippen LogP) is 3.69. The zero-order chi connectivity index (χ0) is 22.4. The monoisotopic (exact) mass is 402 g/mol. The van der Waals surface area contributed by atoms with E-state index >= 15 is 0 Å². The number of esters is 3. The molecular weight excluding hydrogens is 364 g/mol. The molecular formula is C21H38O7. The molecule has 0 saturated heterocycles. The van der Waals surface area contributed by atoms with Gasteiger partial charge >= 0.3 is 17.9 Å². The maximum atomic E-state index is 12.7. The van der Waals surface area contributed by atoms with E-state index in [0.29, 0.717) is 19.3 Å². The smallest absolute Gasteiger partial charge is 0.339 e. The molecule has 0 radical (unpaired) electrons. The quantitative estimate of drug-likeness (QED) is 0.415. The molecule has 0 spiro atoms. The van der Waals surface area contributed by atoms with Crippen LogP contribution in [0, 0.1) is 0 Å². The average Bonchev–Trinajstić information content (AvgIpc) is 2.52. The number of aliphatic hydroxyl groups is 1. The molecule has 0 amide bonds. The second-order valence-corrected chi connectivity index (χ2v) is 9.06. The van der Waals surface area contributed by atoms with Crippen LogP contribution in [0.2, 0.25) is 0 Å². The van der Waals surface area contributed by atoms with Gasteiger partial charge in [-0.3, -0.25) is 9.59 Å². The van der Waals surface area contributed by atoms with Gasteiger partial charge in [-0.15, -0.1) is 0 Å².